The Hall–Kier alpha value is 0.390. The molecule has 0 N–H and O–H groups in total. The molecule has 0 unspecified atom stereocenters. The molecule has 16 heavy (non-hydrogen) atoms. The van der Waals surface area contributed by atoms with Crippen molar-refractivity contribution in [3.63, 3.8) is 0 Å². The highest BCUT2D eigenvalue weighted by molar-refractivity contribution is 9.09. The zero-order valence-corrected chi connectivity index (χ0v) is 13.0. The number of alkyl halides is 1. The molecule has 0 aromatic carbocycles. The van der Waals surface area contributed by atoms with Crippen molar-refractivity contribution in [3.8, 4) is 0 Å². The molecule has 0 radical (unpaired) electrons. The Balaban J connectivity index is 4.37. The fourth-order valence-corrected chi connectivity index (χ4v) is 3.80. The minimum absolute atomic E-state index is 0.279. The monoisotopic (exact) mass is 313 g/mol. The van der Waals surface area contributed by atoms with E-state index in [1.54, 1.807) is 4.31 Å². The summed E-state index contributed by atoms with van der Waals surface area (Å²) >= 11 is 3.31. The van der Waals surface area contributed by atoms with Crippen LogP contribution >= 0.6 is 15.9 Å². The molecule has 0 aromatic heterocycles. The molecule has 0 spiro atoms. The van der Waals surface area contributed by atoms with Gasteiger partial charge in [0, 0.05) is 18.4 Å². The van der Waals surface area contributed by atoms with Crippen molar-refractivity contribution in [2.45, 2.75) is 40.0 Å². The van der Waals surface area contributed by atoms with Crippen LogP contribution in [0.4, 0.5) is 0 Å². The van der Waals surface area contributed by atoms with Gasteiger partial charge in [0.25, 0.3) is 0 Å². The summed E-state index contributed by atoms with van der Waals surface area (Å²) in [4.78, 5) is 0. The van der Waals surface area contributed by atoms with E-state index in [1.165, 1.54) is 0 Å². The van der Waals surface area contributed by atoms with Gasteiger partial charge in [-0.3, -0.25) is 0 Å². The van der Waals surface area contributed by atoms with E-state index in [4.69, 9.17) is 0 Å². The highest BCUT2D eigenvalue weighted by atomic mass is 79.9. The third-order valence-electron chi connectivity index (χ3n) is 2.44. The summed E-state index contributed by atoms with van der Waals surface area (Å²) in [5.74, 6) is 0.716. The summed E-state index contributed by atoms with van der Waals surface area (Å²) < 4.78 is 25.7. The van der Waals surface area contributed by atoms with Gasteiger partial charge >= 0.3 is 0 Å². The normalized spacial score (nSPS) is 12.6. The quantitative estimate of drug-likeness (QED) is 0.614. The van der Waals surface area contributed by atoms with Gasteiger partial charge in [-0.2, -0.15) is 0 Å². The molecular weight excluding hydrogens is 290 g/mol. The molecule has 0 aromatic rings. The van der Waals surface area contributed by atoms with Crippen molar-refractivity contribution in [3.05, 3.63) is 0 Å². The molecule has 5 heteroatoms. The Morgan fingerprint density at radius 3 is 2.31 bits per heavy atom. The van der Waals surface area contributed by atoms with Crippen LogP contribution in [0.5, 0.6) is 0 Å². The van der Waals surface area contributed by atoms with Crippen LogP contribution in [-0.2, 0) is 10.0 Å². The second kappa shape index (κ2) is 8.48. The SMILES string of the molecule is CCCCN(CCBr)S(=O)(=O)CCC(C)C. The van der Waals surface area contributed by atoms with Crippen LogP contribution in [0.3, 0.4) is 0 Å². The Morgan fingerprint density at radius 1 is 1.25 bits per heavy atom. The zero-order valence-electron chi connectivity index (χ0n) is 10.6. The summed E-state index contributed by atoms with van der Waals surface area (Å²) in [6.45, 7) is 7.42. The van der Waals surface area contributed by atoms with Gasteiger partial charge in [0.1, 0.15) is 0 Å². The summed E-state index contributed by atoms with van der Waals surface area (Å²) in [6, 6.07) is 0. The predicted molar refractivity (Wildman–Crippen MR) is 73.5 cm³/mol. The van der Waals surface area contributed by atoms with E-state index in [0.29, 0.717) is 24.3 Å². The highest BCUT2D eigenvalue weighted by Gasteiger charge is 2.20. The molecule has 0 aliphatic carbocycles. The molecule has 0 saturated carbocycles. The van der Waals surface area contributed by atoms with Crippen molar-refractivity contribution in [1.82, 2.24) is 4.31 Å². The lowest BCUT2D eigenvalue weighted by Gasteiger charge is -2.21. The van der Waals surface area contributed by atoms with E-state index < -0.39 is 10.0 Å². The number of halogens is 1. The largest absolute Gasteiger partial charge is 0.214 e. The summed E-state index contributed by atoms with van der Waals surface area (Å²) in [6.07, 6.45) is 2.71. The fraction of sp³-hybridized carbons (Fsp3) is 1.00. The van der Waals surface area contributed by atoms with Crippen molar-refractivity contribution in [2.24, 2.45) is 5.92 Å². The standard InChI is InChI=1S/C11H24BrNO2S/c1-4-5-8-13(9-7-12)16(14,15)10-6-11(2)3/h11H,4-10H2,1-3H3. The molecule has 0 aliphatic heterocycles. The van der Waals surface area contributed by atoms with E-state index in [2.05, 4.69) is 36.7 Å². The van der Waals surface area contributed by atoms with Crippen LogP contribution < -0.4 is 0 Å². The van der Waals surface area contributed by atoms with Crippen molar-refractivity contribution < 1.29 is 8.42 Å². The summed E-state index contributed by atoms with van der Waals surface area (Å²) in [5.41, 5.74) is 0. The molecule has 98 valence electrons. The first kappa shape index (κ1) is 16.4. The maximum Gasteiger partial charge on any atom is 0.214 e. The van der Waals surface area contributed by atoms with Crippen LogP contribution in [0.25, 0.3) is 0 Å². The number of nitrogens with zero attached hydrogens (tertiary/aromatic N) is 1. The van der Waals surface area contributed by atoms with Gasteiger partial charge in [0.15, 0.2) is 0 Å². The summed E-state index contributed by atoms with van der Waals surface area (Å²) in [7, 11) is -3.05. The van der Waals surface area contributed by atoms with Crippen LogP contribution in [0, 0.1) is 5.92 Å². The van der Waals surface area contributed by atoms with Gasteiger partial charge in [-0.05, 0) is 18.8 Å². The van der Waals surface area contributed by atoms with Crippen LogP contribution in [0.2, 0.25) is 0 Å². The van der Waals surface area contributed by atoms with E-state index in [-0.39, 0.29) is 5.75 Å². The molecule has 0 aliphatic rings. The molecule has 0 amide bonds. The maximum atomic E-state index is 12.0. The summed E-state index contributed by atoms with van der Waals surface area (Å²) in [5, 5.41) is 0.706. The van der Waals surface area contributed by atoms with Crippen LogP contribution in [0.15, 0.2) is 0 Å². The van der Waals surface area contributed by atoms with Crippen molar-refractivity contribution >= 4 is 26.0 Å². The molecule has 3 nitrogen and oxygen atoms in total. The van der Waals surface area contributed by atoms with E-state index >= 15 is 0 Å². The van der Waals surface area contributed by atoms with E-state index in [1.807, 2.05) is 0 Å². The fourth-order valence-electron chi connectivity index (χ4n) is 1.33. The number of hydrogen-bond donors (Lipinski definition) is 0. The number of hydrogen-bond acceptors (Lipinski definition) is 2. The Bertz CT molecular complexity index is 265. The minimum Gasteiger partial charge on any atom is -0.212 e. The number of sulfonamides is 1. The van der Waals surface area contributed by atoms with Gasteiger partial charge in [-0.15, -0.1) is 0 Å². The lowest BCUT2D eigenvalue weighted by molar-refractivity contribution is 0.418. The van der Waals surface area contributed by atoms with Crippen LogP contribution in [0.1, 0.15) is 40.0 Å². The first-order valence-electron chi connectivity index (χ1n) is 5.97. The Labute approximate surface area is 109 Å². The van der Waals surface area contributed by atoms with Gasteiger partial charge in [-0.25, -0.2) is 12.7 Å². The average molecular weight is 314 g/mol. The predicted octanol–water partition coefficient (Wildman–Crippen LogP) is 2.86. The lowest BCUT2D eigenvalue weighted by atomic mass is 10.2. The zero-order chi connectivity index (χ0) is 12.6. The second-order valence-corrected chi connectivity index (χ2v) is 7.32. The average Bonchev–Trinajstić information content (AvgIpc) is 2.21. The van der Waals surface area contributed by atoms with E-state index in [0.717, 1.165) is 19.3 Å². The van der Waals surface area contributed by atoms with Gasteiger partial charge < -0.3 is 0 Å². The topological polar surface area (TPSA) is 37.4 Å². The Morgan fingerprint density at radius 2 is 1.88 bits per heavy atom. The Kier molecular flexibility index (Phi) is 8.68. The van der Waals surface area contributed by atoms with E-state index in [9.17, 15) is 8.42 Å². The van der Waals surface area contributed by atoms with Gasteiger partial charge in [0.05, 0.1) is 5.75 Å². The molecule has 0 saturated heterocycles. The molecule has 0 bridgehead atoms. The molecular formula is C11H24BrNO2S. The maximum absolute atomic E-state index is 12.0. The molecule has 0 fully saturated rings. The molecule has 0 atom stereocenters. The van der Waals surface area contributed by atoms with Crippen LogP contribution in [-0.4, -0.2) is 36.9 Å². The van der Waals surface area contributed by atoms with Crippen molar-refractivity contribution in [1.29, 1.82) is 0 Å². The van der Waals surface area contributed by atoms with Gasteiger partial charge in [0.2, 0.25) is 10.0 Å². The third-order valence-corrected chi connectivity index (χ3v) is 4.70. The molecule has 0 heterocycles. The lowest BCUT2D eigenvalue weighted by Crippen LogP contribution is -2.35. The third kappa shape index (κ3) is 6.86. The van der Waals surface area contributed by atoms with Gasteiger partial charge in [-0.1, -0.05) is 43.1 Å². The number of unbranched alkanes of at least 4 members (excludes halogenated alkanes) is 1. The highest BCUT2D eigenvalue weighted by Crippen LogP contribution is 2.10. The second-order valence-electron chi connectivity index (χ2n) is 4.44. The van der Waals surface area contributed by atoms with Crippen molar-refractivity contribution in [2.75, 3.05) is 24.2 Å². The number of rotatable bonds is 9. The minimum atomic E-state index is -3.05. The molecule has 0 rings (SSSR count). The first-order valence-corrected chi connectivity index (χ1v) is 8.70. The smallest absolute Gasteiger partial charge is 0.212 e. The first-order chi connectivity index (χ1) is 7.44.